The average molecular weight is 320 g/mol. The second kappa shape index (κ2) is 11.5. The second-order valence-electron chi connectivity index (χ2n) is 5.14. The van der Waals surface area contributed by atoms with Gasteiger partial charge in [0.15, 0.2) is 5.96 Å². The van der Waals surface area contributed by atoms with Gasteiger partial charge in [0.1, 0.15) is 0 Å². The molecule has 0 aliphatic rings. The molecule has 0 saturated carbocycles. The lowest BCUT2D eigenvalue weighted by Crippen LogP contribution is -2.37. The molecule has 0 spiro atoms. The molecule has 0 aliphatic heterocycles. The molecule has 128 valence electrons. The van der Waals surface area contributed by atoms with Crippen molar-refractivity contribution in [3.8, 4) is 0 Å². The van der Waals surface area contributed by atoms with Gasteiger partial charge in [-0.25, -0.2) is 0 Å². The van der Waals surface area contributed by atoms with Gasteiger partial charge in [0, 0.05) is 46.0 Å². The van der Waals surface area contributed by atoms with E-state index in [0.29, 0.717) is 6.54 Å². The van der Waals surface area contributed by atoms with Gasteiger partial charge in [-0.15, -0.1) is 0 Å². The van der Waals surface area contributed by atoms with E-state index in [9.17, 15) is 4.79 Å². The molecule has 1 aromatic carbocycles. The summed E-state index contributed by atoms with van der Waals surface area (Å²) in [5, 5.41) is 9.32. The largest absolute Gasteiger partial charge is 0.382 e. The maximum absolute atomic E-state index is 11.1. The van der Waals surface area contributed by atoms with Crippen LogP contribution in [0.4, 0.5) is 5.69 Å². The van der Waals surface area contributed by atoms with Gasteiger partial charge >= 0.3 is 0 Å². The SMILES string of the molecule is CCOCCCCNC(=NC)NCc1cccc(NC(C)=O)c1. The van der Waals surface area contributed by atoms with Crippen LogP contribution in [-0.2, 0) is 16.1 Å². The lowest BCUT2D eigenvalue weighted by Gasteiger charge is -2.12. The fourth-order valence-electron chi connectivity index (χ4n) is 2.05. The molecular formula is C17H28N4O2. The summed E-state index contributed by atoms with van der Waals surface area (Å²) in [7, 11) is 1.75. The Kier molecular flexibility index (Phi) is 9.47. The van der Waals surface area contributed by atoms with Crippen molar-refractivity contribution in [1.82, 2.24) is 10.6 Å². The van der Waals surface area contributed by atoms with Crippen molar-refractivity contribution in [1.29, 1.82) is 0 Å². The highest BCUT2D eigenvalue weighted by Crippen LogP contribution is 2.10. The Morgan fingerprint density at radius 1 is 1.26 bits per heavy atom. The number of nitrogens with one attached hydrogen (secondary N) is 3. The van der Waals surface area contributed by atoms with Crippen LogP contribution < -0.4 is 16.0 Å². The zero-order valence-corrected chi connectivity index (χ0v) is 14.3. The highest BCUT2D eigenvalue weighted by atomic mass is 16.5. The highest BCUT2D eigenvalue weighted by Gasteiger charge is 2.00. The summed E-state index contributed by atoms with van der Waals surface area (Å²) >= 11 is 0. The number of hydrogen-bond acceptors (Lipinski definition) is 3. The first-order valence-electron chi connectivity index (χ1n) is 8.04. The summed E-state index contributed by atoms with van der Waals surface area (Å²) in [6.45, 7) is 6.59. The van der Waals surface area contributed by atoms with Crippen LogP contribution in [0.5, 0.6) is 0 Å². The van der Waals surface area contributed by atoms with E-state index in [0.717, 1.165) is 49.8 Å². The van der Waals surface area contributed by atoms with Crippen molar-refractivity contribution < 1.29 is 9.53 Å². The van der Waals surface area contributed by atoms with Gasteiger partial charge in [-0.2, -0.15) is 0 Å². The van der Waals surface area contributed by atoms with Crippen LogP contribution >= 0.6 is 0 Å². The number of aliphatic imine (C=N–C) groups is 1. The van der Waals surface area contributed by atoms with Gasteiger partial charge in [0.05, 0.1) is 0 Å². The number of carbonyl (C=O) groups is 1. The lowest BCUT2D eigenvalue weighted by atomic mass is 10.2. The number of guanidine groups is 1. The predicted octanol–water partition coefficient (Wildman–Crippen LogP) is 2.13. The van der Waals surface area contributed by atoms with E-state index >= 15 is 0 Å². The Morgan fingerprint density at radius 2 is 2.09 bits per heavy atom. The van der Waals surface area contributed by atoms with E-state index in [-0.39, 0.29) is 5.91 Å². The molecule has 0 atom stereocenters. The van der Waals surface area contributed by atoms with Crippen molar-refractivity contribution in [2.75, 3.05) is 32.1 Å². The maximum atomic E-state index is 11.1. The Balaban J connectivity index is 2.32. The smallest absolute Gasteiger partial charge is 0.221 e. The van der Waals surface area contributed by atoms with Crippen molar-refractivity contribution in [2.45, 2.75) is 33.2 Å². The molecule has 0 bridgehead atoms. The first-order chi connectivity index (χ1) is 11.2. The molecule has 1 aromatic rings. The number of amides is 1. The van der Waals surface area contributed by atoms with E-state index < -0.39 is 0 Å². The molecule has 6 nitrogen and oxygen atoms in total. The monoisotopic (exact) mass is 320 g/mol. The molecule has 6 heteroatoms. The molecule has 1 amide bonds. The summed E-state index contributed by atoms with van der Waals surface area (Å²) < 4.78 is 5.31. The highest BCUT2D eigenvalue weighted by molar-refractivity contribution is 5.88. The minimum absolute atomic E-state index is 0.0698. The minimum atomic E-state index is -0.0698. The number of nitrogens with zero attached hydrogens (tertiary/aromatic N) is 1. The Labute approximate surface area is 138 Å². The molecule has 0 fully saturated rings. The molecule has 1 rings (SSSR count). The van der Waals surface area contributed by atoms with Gasteiger partial charge in [-0.3, -0.25) is 9.79 Å². The molecule has 0 unspecified atom stereocenters. The minimum Gasteiger partial charge on any atom is -0.382 e. The Morgan fingerprint density at radius 3 is 2.78 bits per heavy atom. The van der Waals surface area contributed by atoms with E-state index in [1.807, 2.05) is 31.2 Å². The first kappa shape index (κ1) is 19.0. The fourth-order valence-corrected chi connectivity index (χ4v) is 2.05. The summed E-state index contributed by atoms with van der Waals surface area (Å²) in [5.41, 5.74) is 1.88. The van der Waals surface area contributed by atoms with E-state index in [1.165, 1.54) is 6.92 Å². The predicted molar refractivity (Wildman–Crippen MR) is 94.7 cm³/mol. The maximum Gasteiger partial charge on any atom is 0.221 e. The molecular weight excluding hydrogens is 292 g/mol. The number of ether oxygens (including phenoxy) is 1. The number of carbonyl (C=O) groups excluding carboxylic acids is 1. The average Bonchev–Trinajstić information content (AvgIpc) is 2.53. The van der Waals surface area contributed by atoms with Crippen LogP contribution in [0.3, 0.4) is 0 Å². The Hall–Kier alpha value is -2.08. The van der Waals surface area contributed by atoms with Gasteiger partial charge in [0.25, 0.3) is 0 Å². The van der Waals surface area contributed by atoms with Crippen LogP contribution in [0.2, 0.25) is 0 Å². The van der Waals surface area contributed by atoms with Crippen LogP contribution in [0.15, 0.2) is 29.3 Å². The second-order valence-corrected chi connectivity index (χ2v) is 5.14. The number of unbranched alkanes of at least 4 members (excludes halogenated alkanes) is 1. The van der Waals surface area contributed by atoms with Crippen molar-refractivity contribution in [3.63, 3.8) is 0 Å². The number of anilines is 1. The third-order valence-electron chi connectivity index (χ3n) is 3.14. The normalized spacial score (nSPS) is 11.2. The molecule has 0 saturated heterocycles. The van der Waals surface area contributed by atoms with Crippen molar-refractivity contribution in [3.05, 3.63) is 29.8 Å². The molecule has 0 aliphatic carbocycles. The molecule has 23 heavy (non-hydrogen) atoms. The molecule has 0 heterocycles. The van der Waals surface area contributed by atoms with Gasteiger partial charge < -0.3 is 20.7 Å². The summed E-state index contributed by atoms with van der Waals surface area (Å²) in [5.74, 6) is 0.700. The van der Waals surface area contributed by atoms with Crippen LogP contribution in [0.1, 0.15) is 32.3 Å². The van der Waals surface area contributed by atoms with Crippen molar-refractivity contribution in [2.24, 2.45) is 4.99 Å². The zero-order valence-electron chi connectivity index (χ0n) is 14.3. The standard InChI is InChI=1S/C17H28N4O2/c1-4-23-11-6-5-10-19-17(18-3)20-13-15-8-7-9-16(12-15)21-14(2)22/h7-9,12H,4-6,10-11,13H2,1-3H3,(H,21,22)(H2,18,19,20). The van der Waals surface area contributed by atoms with Gasteiger partial charge in [-0.1, -0.05) is 12.1 Å². The topological polar surface area (TPSA) is 74.8 Å². The summed E-state index contributed by atoms with van der Waals surface area (Å²) in [6, 6.07) is 7.75. The molecule has 0 radical (unpaired) electrons. The summed E-state index contributed by atoms with van der Waals surface area (Å²) in [6.07, 6.45) is 2.08. The van der Waals surface area contributed by atoms with Crippen LogP contribution in [-0.4, -0.2) is 38.7 Å². The van der Waals surface area contributed by atoms with Crippen LogP contribution in [0, 0.1) is 0 Å². The quantitative estimate of drug-likeness (QED) is 0.370. The molecule has 3 N–H and O–H groups in total. The summed E-state index contributed by atoms with van der Waals surface area (Å²) in [4.78, 5) is 15.3. The fraction of sp³-hybridized carbons (Fsp3) is 0.529. The number of hydrogen-bond donors (Lipinski definition) is 3. The third kappa shape index (κ3) is 8.83. The zero-order chi connectivity index (χ0) is 16.9. The van der Waals surface area contributed by atoms with Crippen molar-refractivity contribution >= 4 is 17.6 Å². The lowest BCUT2D eigenvalue weighted by molar-refractivity contribution is -0.114. The van der Waals surface area contributed by atoms with E-state index in [2.05, 4.69) is 20.9 Å². The first-order valence-corrected chi connectivity index (χ1v) is 8.04. The van der Waals surface area contributed by atoms with E-state index in [4.69, 9.17) is 4.74 Å². The Bertz CT molecular complexity index is 503. The number of rotatable bonds is 9. The van der Waals surface area contributed by atoms with E-state index in [1.54, 1.807) is 7.05 Å². The third-order valence-corrected chi connectivity index (χ3v) is 3.14. The van der Waals surface area contributed by atoms with Gasteiger partial charge in [0.2, 0.25) is 5.91 Å². The number of benzene rings is 1. The van der Waals surface area contributed by atoms with Crippen LogP contribution in [0.25, 0.3) is 0 Å². The van der Waals surface area contributed by atoms with Gasteiger partial charge in [-0.05, 0) is 37.5 Å². The molecule has 0 aromatic heterocycles.